The minimum Gasteiger partial charge on any atom is -0.465 e. The van der Waals surface area contributed by atoms with Crippen molar-refractivity contribution in [3.8, 4) is 0 Å². The first-order valence-electron chi connectivity index (χ1n) is 6.49. The zero-order valence-corrected chi connectivity index (χ0v) is 11.8. The van der Waals surface area contributed by atoms with E-state index in [2.05, 4.69) is 10.1 Å². The maximum Gasteiger partial charge on any atom is 0.418 e. The Morgan fingerprint density at radius 1 is 1.09 bits per heavy atom. The lowest BCUT2D eigenvalue weighted by Gasteiger charge is -2.14. The number of carbonyl (C=O) groups is 1. The van der Waals surface area contributed by atoms with Gasteiger partial charge in [-0.2, -0.15) is 13.2 Å². The molecule has 116 valence electrons. The molecule has 0 aliphatic heterocycles. The normalized spacial score (nSPS) is 11.1. The first kappa shape index (κ1) is 15.9. The molecule has 22 heavy (non-hydrogen) atoms. The average Bonchev–Trinajstić information content (AvgIpc) is 2.52. The maximum absolute atomic E-state index is 12.9. The quantitative estimate of drug-likeness (QED) is 0.864. The van der Waals surface area contributed by atoms with E-state index in [0.717, 1.165) is 11.6 Å². The summed E-state index contributed by atoms with van der Waals surface area (Å²) in [5.74, 6) is -0.457. The van der Waals surface area contributed by atoms with Crippen LogP contribution in [0.25, 0.3) is 0 Å². The monoisotopic (exact) mass is 309 g/mol. The summed E-state index contributed by atoms with van der Waals surface area (Å²) >= 11 is 0. The van der Waals surface area contributed by atoms with Crippen LogP contribution in [-0.4, -0.2) is 13.1 Å². The van der Waals surface area contributed by atoms with Crippen LogP contribution in [0.15, 0.2) is 48.5 Å². The Morgan fingerprint density at radius 3 is 2.32 bits per heavy atom. The van der Waals surface area contributed by atoms with Crippen molar-refractivity contribution in [2.45, 2.75) is 12.7 Å². The van der Waals surface area contributed by atoms with Gasteiger partial charge in [0.05, 0.1) is 18.2 Å². The van der Waals surface area contributed by atoms with E-state index in [1.165, 1.54) is 25.3 Å². The van der Waals surface area contributed by atoms with Crippen molar-refractivity contribution >= 4 is 11.7 Å². The third kappa shape index (κ3) is 3.78. The van der Waals surface area contributed by atoms with Crippen molar-refractivity contribution < 1.29 is 22.7 Å². The first-order chi connectivity index (χ1) is 10.4. The highest BCUT2D eigenvalue weighted by Crippen LogP contribution is 2.34. The summed E-state index contributed by atoms with van der Waals surface area (Å²) in [7, 11) is 1.28. The minimum absolute atomic E-state index is 0.0204. The lowest BCUT2D eigenvalue weighted by atomic mass is 10.1. The average molecular weight is 309 g/mol. The van der Waals surface area contributed by atoms with Gasteiger partial charge in [-0.1, -0.05) is 24.3 Å². The molecule has 0 radical (unpaired) electrons. The number of esters is 1. The smallest absolute Gasteiger partial charge is 0.418 e. The van der Waals surface area contributed by atoms with Crippen LogP contribution < -0.4 is 5.32 Å². The largest absolute Gasteiger partial charge is 0.465 e. The zero-order chi connectivity index (χ0) is 16.2. The summed E-state index contributed by atoms with van der Waals surface area (Å²) in [6, 6.07) is 11.8. The second kappa shape index (κ2) is 6.51. The maximum atomic E-state index is 12.9. The molecular weight excluding hydrogens is 295 g/mol. The van der Waals surface area contributed by atoms with Gasteiger partial charge in [0.15, 0.2) is 0 Å². The second-order valence-corrected chi connectivity index (χ2v) is 4.59. The van der Waals surface area contributed by atoms with Crippen LogP contribution in [0.2, 0.25) is 0 Å². The molecule has 0 fully saturated rings. The van der Waals surface area contributed by atoms with Gasteiger partial charge in [0.1, 0.15) is 0 Å². The van der Waals surface area contributed by atoms with Gasteiger partial charge in [-0.05, 0) is 29.8 Å². The van der Waals surface area contributed by atoms with E-state index in [9.17, 15) is 18.0 Å². The third-order valence-corrected chi connectivity index (χ3v) is 3.09. The molecule has 3 nitrogen and oxygen atoms in total. The molecule has 0 bridgehead atoms. The summed E-state index contributed by atoms with van der Waals surface area (Å²) in [6.45, 7) is 0.217. The number of carbonyl (C=O) groups excluding carboxylic acids is 1. The summed E-state index contributed by atoms with van der Waals surface area (Å²) in [6.07, 6.45) is -4.40. The van der Waals surface area contributed by atoms with E-state index >= 15 is 0 Å². The number of methoxy groups -OCH3 is 1. The topological polar surface area (TPSA) is 38.3 Å². The van der Waals surface area contributed by atoms with E-state index in [1.54, 1.807) is 24.3 Å². The Bertz CT molecular complexity index is 651. The molecule has 0 atom stereocenters. The molecule has 0 amide bonds. The Kier molecular flexibility index (Phi) is 4.70. The van der Waals surface area contributed by atoms with Gasteiger partial charge in [-0.3, -0.25) is 0 Å². The molecule has 0 saturated carbocycles. The van der Waals surface area contributed by atoms with Crippen LogP contribution in [0, 0.1) is 0 Å². The molecule has 2 aromatic carbocycles. The number of alkyl halides is 3. The fourth-order valence-electron chi connectivity index (χ4n) is 1.96. The van der Waals surface area contributed by atoms with Gasteiger partial charge in [-0.15, -0.1) is 0 Å². The Labute approximate surface area is 125 Å². The molecule has 1 N–H and O–H groups in total. The van der Waals surface area contributed by atoms with E-state index in [1.807, 2.05) is 0 Å². The van der Waals surface area contributed by atoms with Crippen LogP contribution in [0.1, 0.15) is 21.5 Å². The molecule has 0 aliphatic rings. The highest BCUT2D eigenvalue weighted by molar-refractivity contribution is 5.89. The van der Waals surface area contributed by atoms with Crippen molar-refractivity contribution in [3.63, 3.8) is 0 Å². The summed E-state index contributed by atoms with van der Waals surface area (Å²) in [4.78, 5) is 11.3. The summed E-state index contributed by atoms with van der Waals surface area (Å²) in [5.41, 5.74) is 0.458. The Balaban J connectivity index is 2.09. The molecule has 0 unspecified atom stereocenters. The molecule has 0 heterocycles. The zero-order valence-electron chi connectivity index (χ0n) is 11.8. The predicted molar refractivity (Wildman–Crippen MR) is 76.6 cm³/mol. The number of anilines is 1. The number of para-hydroxylation sites is 1. The summed E-state index contributed by atoms with van der Waals surface area (Å²) < 4.78 is 43.2. The van der Waals surface area contributed by atoms with Crippen molar-refractivity contribution in [2.24, 2.45) is 0 Å². The lowest BCUT2D eigenvalue weighted by Crippen LogP contribution is -2.10. The highest BCUT2D eigenvalue weighted by atomic mass is 19.4. The molecular formula is C16H14F3NO2. The Morgan fingerprint density at radius 2 is 1.73 bits per heavy atom. The standard InChI is InChI=1S/C16H14F3NO2/c1-22-15(21)12-8-6-11(7-9-12)10-20-14-5-3-2-4-13(14)16(17,18)19/h2-9,20H,10H2,1H3. The molecule has 0 aliphatic carbocycles. The van der Waals surface area contributed by atoms with Crippen molar-refractivity contribution in [1.29, 1.82) is 0 Å². The van der Waals surface area contributed by atoms with E-state index in [4.69, 9.17) is 0 Å². The SMILES string of the molecule is COC(=O)c1ccc(CNc2ccccc2C(F)(F)F)cc1. The van der Waals surface area contributed by atoms with Gasteiger partial charge in [0.2, 0.25) is 0 Å². The highest BCUT2D eigenvalue weighted by Gasteiger charge is 2.32. The van der Waals surface area contributed by atoms with Gasteiger partial charge in [0, 0.05) is 12.2 Å². The number of halogens is 3. The fraction of sp³-hybridized carbons (Fsp3) is 0.188. The number of nitrogens with one attached hydrogen (secondary N) is 1. The first-order valence-corrected chi connectivity index (χ1v) is 6.49. The number of benzene rings is 2. The Hall–Kier alpha value is -2.50. The molecule has 2 aromatic rings. The predicted octanol–water partition coefficient (Wildman–Crippen LogP) is 4.10. The molecule has 0 aromatic heterocycles. The molecule has 0 saturated heterocycles. The molecule has 2 rings (SSSR count). The van der Waals surface area contributed by atoms with Crippen LogP contribution in [-0.2, 0) is 17.5 Å². The lowest BCUT2D eigenvalue weighted by molar-refractivity contribution is -0.137. The summed E-state index contributed by atoms with van der Waals surface area (Å²) in [5, 5.41) is 2.76. The number of rotatable bonds is 4. The second-order valence-electron chi connectivity index (χ2n) is 4.59. The fourth-order valence-corrected chi connectivity index (χ4v) is 1.96. The third-order valence-electron chi connectivity index (χ3n) is 3.09. The van der Waals surface area contributed by atoms with Crippen LogP contribution in [0.3, 0.4) is 0 Å². The van der Waals surface area contributed by atoms with Crippen molar-refractivity contribution in [2.75, 3.05) is 12.4 Å². The van der Waals surface area contributed by atoms with Crippen LogP contribution in [0.5, 0.6) is 0 Å². The van der Waals surface area contributed by atoms with E-state index in [0.29, 0.717) is 5.56 Å². The number of ether oxygens (including phenoxy) is 1. The van der Waals surface area contributed by atoms with Crippen molar-refractivity contribution in [3.05, 3.63) is 65.2 Å². The van der Waals surface area contributed by atoms with Crippen LogP contribution >= 0.6 is 0 Å². The molecule has 6 heteroatoms. The van der Waals surface area contributed by atoms with Gasteiger partial charge < -0.3 is 10.1 Å². The van der Waals surface area contributed by atoms with Crippen LogP contribution in [0.4, 0.5) is 18.9 Å². The minimum atomic E-state index is -4.40. The number of hydrogen-bond acceptors (Lipinski definition) is 3. The van der Waals surface area contributed by atoms with Gasteiger partial charge >= 0.3 is 12.1 Å². The van der Waals surface area contributed by atoms with Gasteiger partial charge in [0.25, 0.3) is 0 Å². The van der Waals surface area contributed by atoms with E-state index in [-0.39, 0.29) is 12.2 Å². The van der Waals surface area contributed by atoms with Crippen molar-refractivity contribution in [1.82, 2.24) is 0 Å². The van der Waals surface area contributed by atoms with Gasteiger partial charge in [-0.25, -0.2) is 4.79 Å². The molecule has 0 spiro atoms. The number of hydrogen-bond donors (Lipinski definition) is 1. The van der Waals surface area contributed by atoms with E-state index < -0.39 is 17.7 Å².